The van der Waals surface area contributed by atoms with E-state index in [1.807, 2.05) is 18.2 Å². The van der Waals surface area contributed by atoms with Crippen molar-refractivity contribution in [3.63, 3.8) is 0 Å². The topological polar surface area (TPSA) is 35.2 Å². The van der Waals surface area contributed by atoms with Gasteiger partial charge in [-0.25, -0.2) is 0 Å². The Morgan fingerprint density at radius 2 is 2.31 bits per heavy atom. The molecule has 2 N–H and O–H groups in total. The van der Waals surface area contributed by atoms with E-state index in [2.05, 4.69) is 15.9 Å². The van der Waals surface area contributed by atoms with Gasteiger partial charge in [-0.1, -0.05) is 28.1 Å². The number of thiocarbonyl (C=S) groups is 1. The summed E-state index contributed by atoms with van der Waals surface area (Å²) in [7, 11) is 1.63. The Hall–Kier alpha value is -0.610. The molecule has 0 aliphatic carbocycles. The maximum Gasteiger partial charge on any atom is 0.119 e. The van der Waals surface area contributed by atoms with Crippen LogP contribution in [0.1, 0.15) is 5.56 Å². The predicted octanol–water partition coefficient (Wildman–Crippen LogP) is 2.29. The van der Waals surface area contributed by atoms with Gasteiger partial charge in [0.1, 0.15) is 5.75 Å². The third kappa shape index (κ3) is 2.97. The standard InChI is InChI=1S/C9H10BrNOS/c1-12-7-2-3-8(10)6(4-7)5-9(11)13/h2-4H,5H2,1H3,(H2,11,13). The van der Waals surface area contributed by atoms with Gasteiger partial charge < -0.3 is 10.5 Å². The third-order valence-electron chi connectivity index (χ3n) is 1.62. The first-order valence-electron chi connectivity index (χ1n) is 3.74. The van der Waals surface area contributed by atoms with Crippen molar-refractivity contribution >= 4 is 33.1 Å². The fraction of sp³-hybridized carbons (Fsp3) is 0.222. The molecule has 0 spiro atoms. The number of halogens is 1. The van der Waals surface area contributed by atoms with E-state index in [0.717, 1.165) is 15.8 Å². The van der Waals surface area contributed by atoms with Crippen molar-refractivity contribution in [2.45, 2.75) is 6.42 Å². The van der Waals surface area contributed by atoms with Gasteiger partial charge in [0.15, 0.2) is 0 Å². The van der Waals surface area contributed by atoms with E-state index in [0.29, 0.717) is 11.4 Å². The van der Waals surface area contributed by atoms with Crippen LogP contribution in [0, 0.1) is 0 Å². The highest BCUT2D eigenvalue weighted by Crippen LogP contribution is 2.22. The quantitative estimate of drug-likeness (QED) is 0.847. The maximum absolute atomic E-state index is 5.45. The van der Waals surface area contributed by atoms with E-state index < -0.39 is 0 Å². The molecule has 0 atom stereocenters. The molecule has 2 nitrogen and oxygen atoms in total. The number of nitrogens with two attached hydrogens (primary N) is 1. The van der Waals surface area contributed by atoms with E-state index in [1.54, 1.807) is 7.11 Å². The van der Waals surface area contributed by atoms with Crippen LogP contribution in [0.4, 0.5) is 0 Å². The zero-order valence-corrected chi connectivity index (χ0v) is 9.61. The van der Waals surface area contributed by atoms with E-state index >= 15 is 0 Å². The van der Waals surface area contributed by atoms with Crippen LogP contribution in [0.3, 0.4) is 0 Å². The molecule has 0 fully saturated rings. The summed E-state index contributed by atoms with van der Waals surface area (Å²) in [6, 6.07) is 5.73. The number of hydrogen-bond acceptors (Lipinski definition) is 2. The Labute approximate surface area is 91.2 Å². The van der Waals surface area contributed by atoms with Gasteiger partial charge in [0.2, 0.25) is 0 Å². The summed E-state index contributed by atoms with van der Waals surface area (Å²) in [4.78, 5) is 0.481. The molecular weight excluding hydrogens is 250 g/mol. The molecule has 0 aromatic heterocycles. The van der Waals surface area contributed by atoms with Gasteiger partial charge in [0, 0.05) is 10.9 Å². The minimum absolute atomic E-state index is 0.481. The van der Waals surface area contributed by atoms with Crippen LogP contribution >= 0.6 is 28.1 Å². The van der Waals surface area contributed by atoms with Crippen molar-refractivity contribution in [3.8, 4) is 5.75 Å². The zero-order chi connectivity index (χ0) is 9.84. The lowest BCUT2D eigenvalue weighted by atomic mass is 10.1. The first-order valence-corrected chi connectivity index (χ1v) is 4.94. The lowest BCUT2D eigenvalue weighted by Crippen LogP contribution is -2.11. The SMILES string of the molecule is COc1ccc(Br)c(CC(N)=S)c1. The maximum atomic E-state index is 5.45. The van der Waals surface area contributed by atoms with E-state index in [-0.39, 0.29) is 0 Å². The van der Waals surface area contributed by atoms with E-state index in [4.69, 9.17) is 22.7 Å². The molecule has 0 saturated heterocycles. The van der Waals surface area contributed by atoms with Crippen LogP contribution in [0.15, 0.2) is 22.7 Å². The van der Waals surface area contributed by atoms with Crippen molar-refractivity contribution in [1.29, 1.82) is 0 Å². The average Bonchev–Trinajstić information content (AvgIpc) is 2.08. The Morgan fingerprint density at radius 3 is 2.85 bits per heavy atom. The molecule has 0 amide bonds. The predicted molar refractivity (Wildman–Crippen MR) is 61.2 cm³/mol. The van der Waals surface area contributed by atoms with Crippen molar-refractivity contribution in [1.82, 2.24) is 0 Å². The van der Waals surface area contributed by atoms with Gasteiger partial charge in [-0.2, -0.15) is 0 Å². The van der Waals surface area contributed by atoms with Crippen LogP contribution in [0.2, 0.25) is 0 Å². The minimum atomic E-state index is 0.481. The van der Waals surface area contributed by atoms with Crippen molar-refractivity contribution in [2.24, 2.45) is 5.73 Å². The fourth-order valence-corrected chi connectivity index (χ4v) is 1.54. The third-order valence-corrected chi connectivity index (χ3v) is 2.54. The molecule has 0 unspecified atom stereocenters. The summed E-state index contributed by atoms with van der Waals surface area (Å²) in [6.07, 6.45) is 0.590. The van der Waals surface area contributed by atoms with Gasteiger partial charge in [0.25, 0.3) is 0 Å². The van der Waals surface area contributed by atoms with Crippen molar-refractivity contribution in [3.05, 3.63) is 28.2 Å². The van der Waals surface area contributed by atoms with Crippen LogP contribution in [0.5, 0.6) is 5.75 Å². The summed E-state index contributed by atoms with van der Waals surface area (Å²) in [5.74, 6) is 0.814. The average molecular weight is 260 g/mol. The Balaban J connectivity index is 2.96. The van der Waals surface area contributed by atoms with Crippen molar-refractivity contribution < 1.29 is 4.74 Å². The van der Waals surface area contributed by atoms with Crippen molar-refractivity contribution in [2.75, 3.05) is 7.11 Å². The van der Waals surface area contributed by atoms with E-state index in [9.17, 15) is 0 Å². The zero-order valence-electron chi connectivity index (χ0n) is 7.21. The Morgan fingerprint density at radius 1 is 1.62 bits per heavy atom. The number of ether oxygens (including phenoxy) is 1. The molecule has 0 bridgehead atoms. The fourth-order valence-electron chi connectivity index (χ4n) is 1.00. The molecule has 0 heterocycles. The van der Waals surface area contributed by atoms with Crippen LogP contribution in [-0.2, 0) is 6.42 Å². The Bertz CT molecular complexity index is 327. The van der Waals surface area contributed by atoms with Gasteiger partial charge in [-0.05, 0) is 23.8 Å². The molecule has 1 rings (SSSR count). The van der Waals surface area contributed by atoms with Crippen LogP contribution in [0.25, 0.3) is 0 Å². The lowest BCUT2D eigenvalue weighted by Gasteiger charge is -2.05. The van der Waals surface area contributed by atoms with Crippen LogP contribution < -0.4 is 10.5 Å². The molecule has 1 aromatic rings. The summed E-state index contributed by atoms with van der Waals surface area (Å²) in [5, 5.41) is 0. The molecular formula is C9H10BrNOS. The second-order valence-corrected chi connectivity index (χ2v) is 3.98. The molecule has 1 aromatic carbocycles. The van der Waals surface area contributed by atoms with Crippen LogP contribution in [-0.4, -0.2) is 12.1 Å². The number of methoxy groups -OCH3 is 1. The largest absolute Gasteiger partial charge is 0.497 e. The summed E-state index contributed by atoms with van der Waals surface area (Å²) < 4.78 is 6.09. The highest BCUT2D eigenvalue weighted by molar-refractivity contribution is 9.10. The van der Waals surface area contributed by atoms with Gasteiger partial charge >= 0.3 is 0 Å². The summed E-state index contributed by atoms with van der Waals surface area (Å²) >= 11 is 8.25. The summed E-state index contributed by atoms with van der Waals surface area (Å²) in [6.45, 7) is 0. The molecule has 13 heavy (non-hydrogen) atoms. The second kappa shape index (κ2) is 4.58. The summed E-state index contributed by atoms with van der Waals surface area (Å²) in [5.41, 5.74) is 6.50. The highest BCUT2D eigenvalue weighted by atomic mass is 79.9. The smallest absolute Gasteiger partial charge is 0.119 e. The molecule has 4 heteroatoms. The number of rotatable bonds is 3. The van der Waals surface area contributed by atoms with Gasteiger partial charge in [-0.3, -0.25) is 0 Å². The normalized spacial score (nSPS) is 9.69. The minimum Gasteiger partial charge on any atom is -0.497 e. The molecule has 0 radical (unpaired) electrons. The molecule has 70 valence electrons. The highest BCUT2D eigenvalue weighted by Gasteiger charge is 2.02. The molecule has 0 aliphatic rings. The Kier molecular flexibility index (Phi) is 3.69. The lowest BCUT2D eigenvalue weighted by molar-refractivity contribution is 0.414. The number of hydrogen-bond donors (Lipinski definition) is 1. The van der Waals surface area contributed by atoms with Gasteiger partial charge in [-0.15, -0.1) is 0 Å². The monoisotopic (exact) mass is 259 g/mol. The van der Waals surface area contributed by atoms with E-state index in [1.165, 1.54) is 0 Å². The molecule has 0 aliphatic heterocycles. The number of benzene rings is 1. The first-order chi connectivity index (χ1) is 6.13. The first kappa shape index (κ1) is 10.5. The van der Waals surface area contributed by atoms with Gasteiger partial charge in [0.05, 0.1) is 12.1 Å². The second-order valence-electron chi connectivity index (χ2n) is 2.60. The molecule has 0 saturated carbocycles.